The summed E-state index contributed by atoms with van der Waals surface area (Å²) in [6.07, 6.45) is 0. The predicted molar refractivity (Wildman–Crippen MR) is 113 cm³/mol. The molecule has 9 heteroatoms. The van der Waals surface area contributed by atoms with Crippen LogP contribution in [0.4, 0.5) is 5.69 Å². The van der Waals surface area contributed by atoms with Crippen LogP contribution in [0.2, 0.25) is 0 Å². The number of aromatic amines is 1. The summed E-state index contributed by atoms with van der Waals surface area (Å²) in [5, 5.41) is 12.7. The summed E-state index contributed by atoms with van der Waals surface area (Å²) in [5.41, 5.74) is 3.95. The standard InChI is InChI=1S/C20H19N5O3S/c1-11-7-8-13-12(9-11)17-19(21-13)23-20(25-24-17)29-10-16(26)22-18-14(27-2)5-4-6-15(18)28-3/h4-9H,10H2,1-3H3,(H,22,26)(H,21,23,25). The van der Waals surface area contributed by atoms with Crippen molar-refractivity contribution in [2.75, 3.05) is 25.3 Å². The van der Waals surface area contributed by atoms with E-state index in [0.717, 1.165) is 22.0 Å². The molecule has 29 heavy (non-hydrogen) atoms. The van der Waals surface area contributed by atoms with Crippen LogP contribution in [0.15, 0.2) is 41.6 Å². The van der Waals surface area contributed by atoms with E-state index in [4.69, 9.17) is 9.47 Å². The van der Waals surface area contributed by atoms with E-state index in [1.807, 2.05) is 25.1 Å². The maximum absolute atomic E-state index is 12.4. The van der Waals surface area contributed by atoms with Crippen molar-refractivity contribution in [2.24, 2.45) is 0 Å². The molecule has 0 aliphatic carbocycles. The molecular formula is C20H19N5O3S. The number of aryl methyl sites for hydroxylation is 1. The zero-order valence-electron chi connectivity index (χ0n) is 16.1. The number of amides is 1. The Labute approximate surface area is 171 Å². The van der Waals surface area contributed by atoms with Gasteiger partial charge in [0.1, 0.15) is 22.7 Å². The molecule has 0 radical (unpaired) electrons. The number of nitrogens with one attached hydrogen (secondary N) is 2. The second kappa shape index (κ2) is 7.96. The number of ether oxygens (including phenoxy) is 2. The number of para-hydroxylation sites is 1. The van der Waals surface area contributed by atoms with Gasteiger partial charge in [0.15, 0.2) is 5.65 Å². The van der Waals surface area contributed by atoms with Crippen molar-refractivity contribution >= 4 is 45.4 Å². The van der Waals surface area contributed by atoms with Crippen LogP contribution >= 0.6 is 11.8 Å². The SMILES string of the molecule is COc1cccc(OC)c1NC(=O)CSc1nnc2c(n1)[nH]c1ccc(C)cc12. The quantitative estimate of drug-likeness (QED) is 0.469. The Hall–Kier alpha value is -3.33. The highest BCUT2D eigenvalue weighted by Crippen LogP contribution is 2.34. The maximum Gasteiger partial charge on any atom is 0.235 e. The number of fused-ring (bicyclic) bond motifs is 3. The molecule has 4 aromatic rings. The summed E-state index contributed by atoms with van der Waals surface area (Å²) in [6, 6.07) is 11.4. The van der Waals surface area contributed by atoms with Crippen LogP contribution in [0.5, 0.6) is 11.5 Å². The molecule has 0 atom stereocenters. The van der Waals surface area contributed by atoms with Gasteiger partial charge in [-0.1, -0.05) is 29.5 Å². The molecule has 2 heterocycles. The summed E-state index contributed by atoms with van der Waals surface area (Å²) in [6.45, 7) is 2.03. The van der Waals surface area contributed by atoms with Crippen molar-refractivity contribution in [1.82, 2.24) is 20.2 Å². The van der Waals surface area contributed by atoms with E-state index in [0.29, 0.717) is 28.0 Å². The van der Waals surface area contributed by atoms with E-state index in [9.17, 15) is 4.79 Å². The first-order valence-corrected chi connectivity index (χ1v) is 9.84. The van der Waals surface area contributed by atoms with Crippen LogP contribution in [-0.2, 0) is 4.79 Å². The van der Waals surface area contributed by atoms with E-state index < -0.39 is 0 Å². The summed E-state index contributed by atoms with van der Waals surface area (Å²) < 4.78 is 10.6. The number of benzene rings is 2. The number of carbonyl (C=O) groups is 1. The van der Waals surface area contributed by atoms with Gasteiger partial charge in [0.05, 0.1) is 20.0 Å². The Morgan fingerprint density at radius 3 is 2.62 bits per heavy atom. The Kier molecular flexibility index (Phi) is 5.22. The molecule has 0 fully saturated rings. The first-order chi connectivity index (χ1) is 14.1. The third kappa shape index (κ3) is 3.81. The fourth-order valence-electron chi connectivity index (χ4n) is 3.01. The Bertz CT molecular complexity index is 1190. The number of hydrogen-bond acceptors (Lipinski definition) is 7. The minimum Gasteiger partial charge on any atom is -0.494 e. The number of anilines is 1. The highest BCUT2D eigenvalue weighted by atomic mass is 32.2. The topological polar surface area (TPSA) is 102 Å². The molecule has 0 unspecified atom stereocenters. The number of aromatic nitrogens is 4. The lowest BCUT2D eigenvalue weighted by molar-refractivity contribution is -0.113. The van der Waals surface area contributed by atoms with Crippen molar-refractivity contribution in [3.8, 4) is 11.5 Å². The van der Waals surface area contributed by atoms with E-state index >= 15 is 0 Å². The molecule has 0 spiro atoms. The molecule has 0 aliphatic heterocycles. The number of rotatable bonds is 6. The minimum atomic E-state index is -0.228. The number of hydrogen-bond donors (Lipinski definition) is 2. The Morgan fingerprint density at radius 2 is 1.90 bits per heavy atom. The first kappa shape index (κ1) is 19.0. The molecule has 2 aromatic carbocycles. The van der Waals surface area contributed by atoms with Crippen LogP contribution in [0, 0.1) is 6.92 Å². The van der Waals surface area contributed by atoms with Gasteiger partial charge < -0.3 is 19.8 Å². The maximum atomic E-state index is 12.4. The molecular weight excluding hydrogens is 390 g/mol. The lowest BCUT2D eigenvalue weighted by Crippen LogP contribution is -2.15. The smallest absolute Gasteiger partial charge is 0.235 e. The number of methoxy groups -OCH3 is 2. The monoisotopic (exact) mass is 409 g/mol. The molecule has 2 N–H and O–H groups in total. The van der Waals surface area contributed by atoms with Gasteiger partial charge in [-0.05, 0) is 31.2 Å². The molecule has 0 aliphatic rings. The fourth-order valence-corrected chi connectivity index (χ4v) is 3.60. The third-order valence-corrected chi connectivity index (χ3v) is 5.21. The summed E-state index contributed by atoms with van der Waals surface area (Å²) >= 11 is 1.20. The number of H-pyrrole nitrogens is 1. The van der Waals surface area contributed by atoms with Crippen molar-refractivity contribution in [1.29, 1.82) is 0 Å². The van der Waals surface area contributed by atoms with Crippen molar-refractivity contribution in [3.05, 3.63) is 42.0 Å². The Morgan fingerprint density at radius 1 is 1.14 bits per heavy atom. The van der Waals surface area contributed by atoms with Crippen molar-refractivity contribution in [3.63, 3.8) is 0 Å². The largest absolute Gasteiger partial charge is 0.494 e. The van der Waals surface area contributed by atoms with Gasteiger partial charge in [-0.25, -0.2) is 4.98 Å². The summed E-state index contributed by atoms with van der Waals surface area (Å²) in [7, 11) is 3.07. The van der Waals surface area contributed by atoms with Crippen LogP contribution in [0.25, 0.3) is 22.1 Å². The van der Waals surface area contributed by atoms with E-state index in [1.54, 1.807) is 18.2 Å². The molecule has 148 valence electrons. The second-order valence-corrected chi connectivity index (χ2v) is 7.28. The van der Waals surface area contributed by atoms with Gasteiger partial charge in [-0.2, -0.15) is 0 Å². The van der Waals surface area contributed by atoms with Gasteiger partial charge in [0.25, 0.3) is 0 Å². The van der Waals surface area contributed by atoms with Gasteiger partial charge in [-0.3, -0.25) is 4.79 Å². The summed E-state index contributed by atoms with van der Waals surface area (Å²) in [5.74, 6) is 0.938. The van der Waals surface area contributed by atoms with Gasteiger partial charge in [0, 0.05) is 10.9 Å². The molecule has 1 amide bonds. The van der Waals surface area contributed by atoms with E-state index in [1.165, 1.54) is 26.0 Å². The van der Waals surface area contributed by atoms with Gasteiger partial charge in [0.2, 0.25) is 11.1 Å². The summed E-state index contributed by atoms with van der Waals surface area (Å²) in [4.78, 5) is 20.2. The second-order valence-electron chi connectivity index (χ2n) is 6.34. The number of nitrogens with zero attached hydrogens (tertiary/aromatic N) is 3. The van der Waals surface area contributed by atoms with Crippen LogP contribution < -0.4 is 14.8 Å². The molecule has 2 aromatic heterocycles. The highest BCUT2D eigenvalue weighted by molar-refractivity contribution is 7.99. The van der Waals surface area contributed by atoms with Crippen LogP contribution in [0.1, 0.15) is 5.56 Å². The zero-order chi connectivity index (χ0) is 20.4. The van der Waals surface area contributed by atoms with E-state index in [-0.39, 0.29) is 11.7 Å². The van der Waals surface area contributed by atoms with Crippen LogP contribution in [-0.4, -0.2) is 46.0 Å². The average molecular weight is 409 g/mol. The molecule has 0 bridgehead atoms. The van der Waals surface area contributed by atoms with Crippen LogP contribution in [0.3, 0.4) is 0 Å². The van der Waals surface area contributed by atoms with Crippen molar-refractivity contribution < 1.29 is 14.3 Å². The Balaban J connectivity index is 1.50. The third-order valence-electron chi connectivity index (χ3n) is 4.38. The number of thioether (sulfide) groups is 1. The van der Waals surface area contributed by atoms with Gasteiger partial charge in [-0.15, -0.1) is 10.2 Å². The zero-order valence-corrected chi connectivity index (χ0v) is 17.0. The highest BCUT2D eigenvalue weighted by Gasteiger charge is 2.15. The average Bonchev–Trinajstić information content (AvgIpc) is 3.09. The molecule has 4 rings (SSSR count). The van der Waals surface area contributed by atoms with E-state index in [2.05, 4.69) is 25.5 Å². The van der Waals surface area contributed by atoms with Crippen molar-refractivity contribution in [2.45, 2.75) is 12.1 Å². The minimum absolute atomic E-state index is 0.119. The molecule has 0 saturated carbocycles. The predicted octanol–water partition coefficient (Wildman–Crippen LogP) is 3.56. The first-order valence-electron chi connectivity index (χ1n) is 8.85. The molecule has 8 nitrogen and oxygen atoms in total. The lowest BCUT2D eigenvalue weighted by atomic mass is 10.2. The fraction of sp³-hybridized carbons (Fsp3) is 0.200. The number of carbonyl (C=O) groups excluding carboxylic acids is 1. The van der Waals surface area contributed by atoms with Gasteiger partial charge >= 0.3 is 0 Å². The normalized spacial score (nSPS) is 11.0. The molecule has 0 saturated heterocycles. The lowest BCUT2D eigenvalue weighted by Gasteiger charge is -2.13.